The predicted octanol–water partition coefficient (Wildman–Crippen LogP) is 3.48. The molecule has 3 rings (SSSR count). The van der Waals surface area contributed by atoms with Gasteiger partial charge in [-0.3, -0.25) is 4.79 Å². The lowest BCUT2D eigenvalue weighted by atomic mass is 10.1. The Hall–Kier alpha value is -1.96. The third kappa shape index (κ3) is 3.75. The Morgan fingerprint density at radius 1 is 1.33 bits per heavy atom. The van der Waals surface area contributed by atoms with E-state index in [1.807, 2.05) is 11.6 Å². The van der Waals surface area contributed by atoms with Crippen molar-refractivity contribution in [3.8, 4) is 0 Å². The monoisotopic (exact) mass is 352 g/mol. The molecule has 0 atom stereocenters. The van der Waals surface area contributed by atoms with Crippen LogP contribution in [0.25, 0.3) is 0 Å². The van der Waals surface area contributed by atoms with Gasteiger partial charge in [0.15, 0.2) is 5.16 Å². The molecule has 1 heterocycles. The first-order valence-corrected chi connectivity index (χ1v) is 8.80. The second kappa shape index (κ2) is 7.29. The normalized spacial score (nSPS) is 15.0. The van der Waals surface area contributed by atoms with Crippen molar-refractivity contribution in [1.82, 2.24) is 14.8 Å². The van der Waals surface area contributed by atoms with Crippen LogP contribution >= 0.6 is 11.8 Å². The summed E-state index contributed by atoms with van der Waals surface area (Å²) in [7, 11) is 1.90. The van der Waals surface area contributed by atoms with Gasteiger partial charge in [-0.2, -0.15) is 0 Å². The molecule has 1 aromatic carbocycles. The molecule has 0 unspecified atom stereocenters. The van der Waals surface area contributed by atoms with Crippen LogP contribution in [0.3, 0.4) is 0 Å². The van der Waals surface area contributed by atoms with Gasteiger partial charge in [-0.05, 0) is 25.0 Å². The molecule has 1 aliphatic carbocycles. The van der Waals surface area contributed by atoms with Crippen LogP contribution in [-0.4, -0.2) is 26.4 Å². The lowest BCUT2D eigenvalue weighted by Crippen LogP contribution is -2.15. The van der Waals surface area contributed by atoms with Crippen molar-refractivity contribution in [3.63, 3.8) is 0 Å². The van der Waals surface area contributed by atoms with Crippen molar-refractivity contribution in [1.29, 1.82) is 0 Å². The molecule has 2 aromatic rings. The quantitative estimate of drug-likeness (QED) is 0.837. The molecule has 128 valence electrons. The third-order valence-corrected chi connectivity index (χ3v) is 5.15. The molecule has 1 aliphatic rings. The Morgan fingerprint density at radius 2 is 2.08 bits per heavy atom. The summed E-state index contributed by atoms with van der Waals surface area (Å²) in [5, 5.41) is 11.5. The number of aromatic nitrogens is 3. The first-order valence-electron chi connectivity index (χ1n) is 7.81. The van der Waals surface area contributed by atoms with Gasteiger partial charge < -0.3 is 9.88 Å². The lowest BCUT2D eigenvalue weighted by Gasteiger charge is -2.09. The molecule has 0 radical (unpaired) electrons. The van der Waals surface area contributed by atoms with Crippen LogP contribution in [-0.2, 0) is 11.8 Å². The summed E-state index contributed by atoms with van der Waals surface area (Å²) in [6.07, 6.45) is 4.68. The minimum atomic E-state index is -0.796. The zero-order valence-electron chi connectivity index (χ0n) is 13.3. The number of amides is 1. The zero-order chi connectivity index (χ0) is 17.1. The van der Waals surface area contributed by atoms with Gasteiger partial charge in [0.25, 0.3) is 0 Å². The molecule has 8 heteroatoms. The average Bonchev–Trinajstić information content (AvgIpc) is 3.18. The van der Waals surface area contributed by atoms with Gasteiger partial charge >= 0.3 is 0 Å². The molecule has 1 N–H and O–H groups in total. The van der Waals surface area contributed by atoms with Crippen molar-refractivity contribution in [3.05, 3.63) is 35.7 Å². The number of rotatable bonds is 5. The van der Waals surface area contributed by atoms with Crippen molar-refractivity contribution in [2.45, 2.75) is 36.8 Å². The summed E-state index contributed by atoms with van der Waals surface area (Å²) < 4.78 is 28.3. The van der Waals surface area contributed by atoms with Crippen LogP contribution in [0.15, 0.2) is 23.4 Å². The third-order valence-electron chi connectivity index (χ3n) is 4.13. The van der Waals surface area contributed by atoms with Gasteiger partial charge in [0.2, 0.25) is 5.91 Å². The molecule has 5 nitrogen and oxygen atoms in total. The predicted molar refractivity (Wildman–Crippen MR) is 87.9 cm³/mol. The van der Waals surface area contributed by atoms with E-state index in [4.69, 9.17) is 0 Å². The summed E-state index contributed by atoms with van der Waals surface area (Å²) in [6.45, 7) is 0. The first kappa shape index (κ1) is 16.9. The Morgan fingerprint density at radius 3 is 2.79 bits per heavy atom. The topological polar surface area (TPSA) is 59.8 Å². The second-order valence-corrected chi connectivity index (χ2v) is 6.78. The van der Waals surface area contributed by atoms with Crippen molar-refractivity contribution >= 4 is 23.4 Å². The van der Waals surface area contributed by atoms with Crippen molar-refractivity contribution in [2.75, 3.05) is 11.1 Å². The van der Waals surface area contributed by atoms with Crippen LogP contribution < -0.4 is 5.32 Å². The summed E-state index contributed by atoms with van der Waals surface area (Å²) in [6, 6.07) is 3.04. The maximum atomic E-state index is 13.5. The highest BCUT2D eigenvalue weighted by molar-refractivity contribution is 7.99. The van der Waals surface area contributed by atoms with E-state index >= 15 is 0 Å². The van der Waals surface area contributed by atoms with Gasteiger partial charge in [-0.1, -0.05) is 24.6 Å². The number of carbonyl (C=O) groups is 1. The minimum Gasteiger partial charge on any atom is -0.323 e. The van der Waals surface area contributed by atoms with Crippen LogP contribution in [0.1, 0.15) is 37.4 Å². The Labute approximate surface area is 142 Å². The molecule has 1 fully saturated rings. The van der Waals surface area contributed by atoms with E-state index in [-0.39, 0.29) is 17.3 Å². The summed E-state index contributed by atoms with van der Waals surface area (Å²) in [4.78, 5) is 11.9. The van der Waals surface area contributed by atoms with E-state index in [9.17, 15) is 13.6 Å². The van der Waals surface area contributed by atoms with Crippen LogP contribution in [0.4, 0.5) is 14.5 Å². The Balaban J connectivity index is 1.58. The molecular formula is C16H18F2N4OS. The smallest absolute Gasteiger partial charge is 0.234 e. The maximum absolute atomic E-state index is 13.5. The number of hydrogen-bond donors (Lipinski definition) is 1. The van der Waals surface area contributed by atoms with Gasteiger partial charge in [0, 0.05) is 19.0 Å². The zero-order valence-corrected chi connectivity index (χ0v) is 14.1. The molecule has 0 bridgehead atoms. The fourth-order valence-corrected chi connectivity index (χ4v) is 3.62. The molecule has 1 amide bonds. The Kier molecular flexibility index (Phi) is 5.13. The van der Waals surface area contributed by atoms with E-state index in [0.29, 0.717) is 11.1 Å². The summed E-state index contributed by atoms with van der Waals surface area (Å²) in [5.41, 5.74) is -0.0355. The highest BCUT2D eigenvalue weighted by atomic mass is 32.2. The molecule has 1 saturated carbocycles. The standard InChI is InChI=1S/C16H18F2N4OS/c1-22-15(10-4-2-3-5-10)20-21-16(22)24-9-14(23)19-13-7-6-11(17)8-12(13)18/h6-8,10H,2-5,9H2,1H3,(H,19,23). The molecule has 1 aromatic heterocycles. The minimum absolute atomic E-state index is 0.0355. The number of thioether (sulfide) groups is 1. The number of nitrogens with one attached hydrogen (secondary N) is 1. The van der Waals surface area contributed by atoms with E-state index in [1.54, 1.807) is 0 Å². The van der Waals surface area contributed by atoms with Gasteiger partial charge in [0.1, 0.15) is 17.5 Å². The van der Waals surface area contributed by atoms with Gasteiger partial charge in [-0.25, -0.2) is 8.78 Å². The molecule has 0 aliphatic heterocycles. The SMILES string of the molecule is Cn1c(SCC(=O)Nc2ccc(F)cc2F)nnc1C1CCCC1. The van der Waals surface area contributed by atoms with E-state index in [2.05, 4.69) is 15.5 Å². The number of nitrogens with zero attached hydrogens (tertiary/aromatic N) is 3. The highest BCUT2D eigenvalue weighted by Gasteiger charge is 2.23. The van der Waals surface area contributed by atoms with Crippen LogP contribution in [0.5, 0.6) is 0 Å². The fourth-order valence-electron chi connectivity index (χ4n) is 2.90. The fraction of sp³-hybridized carbons (Fsp3) is 0.438. The largest absolute Gasteiger partial charge is 0.323 e. The van der Waals surface area contributed by atoms with E-state index in [0.717, 1.165) is 30.8 Å². The Bertz CT molecular complexity index is 744. The molecule has 0 spiro atoms. The van der Waals surface area contributed by atoms with Gasteiger partial charge in [-0.15, -0.1) is 10.2 Å². The highest BCUT2D eigenvalue weighted by Crippen LogP contribution is 2.33. The van der Waals surface area contributed by atoms with Crippen LogP contribution in [0, 0.1) is 11.6 Å². The average molecular weight is 352 g/mol. The lowest BCUT2D eigenvalue weighted by molar-refractivity contribution is -0.113. The van der Waals surface area contributed by atoms with Gasteiger partial charge in [0.05, 0.1) is 11.4 Å². The number of halogens is 2. The number of benzene rings is 1. The number of anilines is 1. The maximum Gasteiger partial charge on any atom is 0.234 e. The number of carbonyl (C=O) groups excluding carboxylic acids is 1. The van der Waals surface area contributed by atoms with Crippen LogP contribution in [0.2, 0.25) is 0 Å². The second-order valence-electron chi connectivity index (χ2n) is 5.84. The van der Waals surface area contributed by atoms with Crippen molar-refractivity contribution in [2.24, 2.45) is 7.05 Å². The summed E-state index contributed by atoms with van der Waals surface area (Å²) >= 11 is 1.24. The molecule has 24 heavy (non-hydrogen) atoms. The van der Waals surface area contributed by atoms with Crippen molar-refractivity contribution < 1.29 is 13.6 Å². The van der Waals surface area contributed by atoms with E-state index < -0.39 is 11.6 Å². The molecule has 0 saturated heterocycles. The number of hydrogen-bond acceptors (Lipinski definition) is 4. The molecular weight excluding hydrogens is 334 g/mol. The summed E-state index contributed by atoms with van der Waals surface area (Å²) in [5.74, 6) is -0.378. The first-order chi connectivity index (χ1) is 11.5. The van der Waals surface area contributed by atoms with E-state index in [1.165, 1.54) is 30.7 Å².